The smallest absolute Gasteiger partial charge is 0.243 e. The maximum Gasteiger partial charge on any atom is 0.243 e. The van der Waals surface area contributed by atoms with Gasteiger partial charge in [-0.3, -0.25) is 19.3 Å². The van der Waals surface area contributed by atoms with Crippen molar-refractivity contribution < 1.29 is 23.9 Å². The predicted octanol–water partition coefficient (Wildman–Crippen LogP) is 1.18. The summed E-state index contributed by atoms with van der Waals surface area (Å²) in [5.74, 6) is 0.541. The lowest BCUT2D eigenvalue weighted by Crippen LogP contribution is -2.60. The largest absolute Gasteiger partial charge is 0.497 e. The summed E-state index contributed by atoms with van der Waals surface area (Å²) in [6.07, 6.45) is -0.124. The third-order valence-electron chi connectivity index (χ3n) is 6.58. The van der Waals surface area contributed by atoms with Gasteiger partial charge in [0.25, 0.3) is 0 Å². The average molecular weight is 496 g/mol. The molecule has 0 spiro atoms. The lowest BCUT2D eigenvalue weighted by Gasteiger charge is -2.39. The molecule has 2 N–H and O–H groups in total. The molecule has 0 aromatic heterocycles. The summed E-state index contributed by atoms with van der Waals surface area (Å²) in [5, 5.41) is 5.57. The predicted molar refractivity (Wildman–Crippen MR) is 136 cm³/mol. The van der Waals surface area contributed by atoms with E-state index in [4.69, 9.17) is 9.47 Å². The number of hydrogen-bond donors (Lipinski definition) is 2. The number of nitrogens with zero attached hydrogens (tertiary/aromatic N) is 3. The van der Waals surface area contributed by atoms with Crippen LogP contribution in [0.1, 0.15) is 6.42 Å². The molecule has 3 amide bonds. The number of carbonyl (C=O) groups excluding carboxylic acids is 3. The van der Waals surface area contributed by atoms with Crippen LogP contribution < -0.4 is 25.0 Å². The minimum atomic E-state index is -0.846. The number of methoxy groups -OCH3 is 2. The zero-order chi connectivity index (χ0) is 25.5. The maximum atomic E-state index is 13.2. The molecule has 2 saturated heterocycles. The maximum absolute atomic E-state index is 13.2. The van der Waals surface area contributed by atoms with E-state index in [1.165, 1.54) is 12.0 Å². The summed E-state index contributed by atoms with van der Waals surface area (Å²) in [4.78, 5) is 44.5. The molecule has 1 atom stereocenters. The highest BCUT2D eigenvalue weighted by molar-refractivity contribution is 5.98. The fourth-order valence-electron chi connectivity index (χ4n) is 4.58. The van der Waals surface area contributed by atoms with Crippen LogP contribution in [0.4, 0.5) is 11.4 Å². The number of benzene rings is 2. The summed E-state index contributed by atoms with van der Waals surface area (Å²) in [7, 11) is 3.17. The minimum absolute atomic E-state index is 0.124. The number of nitrogens with one attached hydrogen (secondary N) is 2. The minimum Gasteiger partial charge on any atom is -0.497 e. The first-order chi connectivity index (χ1) is 17.5. The van der Waals surface area contributed by atoms with E-state index in [-0.39, 0.29) is 30.7 Å². The molecular formula is C26H33N5O5. The first-order valence-corrected chi connectivity index (χ1v) is 12.1. The van der Waals surface area contributed by atoms with E-state index in [0.29, 0.717) is 24.5 Å². The Bertz CT molecular complexity index is 1070. The molecule has 0 aliphatic carbocycles. The van der Waals surface area contributed by atoms with Gasteiger partial charge in [-0.2, -0.15) is 0 Å². The van der Waals surface area contributed by atoms with E-state index in [1.807, 2.05) is 24.3 Å². The molecular weight excluding hydrogens is 462 g/mol. The Balaban J connectivity index is 1.32. The van der Waals surface area contributed by atoms with Crippen molar-refractivity contribution in [2.45, 2.75) is 12.5 Å². The molecule has 0 radical (unpaired) electrons. The molecule has 10 nitrogen and oxygen atoms in total. The Hall–Kier alpha value is -3.79. The molecule has 2 heterocycles. The Labute approximate surface area is 211 Å². The number of amides is 3. The molecule has 2 fully saturated rings. The number of para-hydroxylation sites is 2. The lowest BCUT2D eigenvalue weighted by molar-refractivity contribution is -0.145. The number of carbonyl (C=O) groups is 3. The molecule has 192 valence electrons. The van der Waals surface area contributed by atoms with Gasteiger partial charge in [-0.1, -0.05) is 12.1 Å². The summed E-state index contributed by atoms with van der Waals surface area (Å²) < 4.78 is 10.5. The van der Waals surface area contributed by atoms with Crippen molar-refractivity contribution in [2.75, 3.05) is 70.2 Å². The van der Waals surface area contributed by atoms with Gasteiger partial charge in [-0.15, -0.1) is 0 Å². The van der Waals surface area contributed by atoms with Gasteiger partial charge in [0.2, 0.25) is 17.7 Å². The first kappa shape index (κ1) is 25.3. The van der Waals surface area contributed by atoms with Crippen LogP contribution in [-0.4, -0.2) is 93.6 Å². The third-order valence-corrected chi connectivity index (χ3v) is 6.58. The van der Waals surface area contributed by atoms with E-state index in [1.54, 1.807) is 31.4 Å². The number of ether oxygens (including phenoxy) is 2. The Morgan fingerprint density at radius 2 is 1.69 bits per heavy atom. The quantitative estimate of drug-likeness (QED) is 0.567. The highest BCUT2D eigenvalue weighted by Crippen LogP contribution is 2.24. The van der Waals surface area contributed by atoms with Gasteiger partial charge < -0.3 is 29.9 Å². The molecule has 0 unspecified atom stereocenters. The molecule has 2 aliphatic heterocycles. The van der Waals surface area contributed by atoms with Crippen LogP contribution in [0, 0.1) is 0 Å². The van der Waals surface area contributed by atoms with Crippen LogP contribution in [0.15, 0.2) is 48.5 Å². The summed E-state index contributed by atoms with van der Waals surface area (Å²) in [5.41, 5.74) is 1.64. The van der Waals surface area contributed by atoms with Crippen molar-refractivity contribution in [3.63, 3.8) is 0 Å². The summed E-state index contributed by atoms with van der Waals surface area (Å²) in [6.45, 7) is 4.03. The second-order valence-corrected chi connectivity index (χ2v) is 8.81. The standard InChI is InChI=1S/C26H33N5O5/c1-35-20-9-7-19(8-10-20)30-15-13-29(14-16-30)18-25(33)31-12-11-27-26(34)22(31)17-24(32)28-21-5-3-4-6-23(21)36-2/h3-10,22H,11-18H2,1-2H3,(H,27,34)(H,28,32)/t22-/m1/s1. The van der Waals surface area contributed by atoms with Crippen LogP contribution in [0.25, 0.3) is 0 Å². The molecule has 2 aliphatic rings. The molecule has 36 heavy (non-hydrogen) atoms. The SMILES string of the molecule is COc1ccc(N2CCN(CC(=O)N3CCNC(=O)[C@H]3CC(=O)Nc3ccccc3OC)CC2)cc1. The van der Waals surface area contributed by atoms with E-state index in [9.17, 15) is 14.4 Å². The van der Waals surface area contributed by atoms with Gasteiger partial charge in [-0.05, 0) is 36.4 Å². The summed E-state index contributed by atoms with van der Waals surface area (Å²) in [6, 6.07) is 14.2. The average Bonchev–Trinajstić information content (AvgIpc) is 2.90. The van der Waals surface area contributed by atoms with Crippen molar-refractivity contribution in [3.05, 3.63) is 48.5 Å². The van der Waals surface area contributed by atoms with Crippen molar-refractivity contribution in [3.8, 4) is 11.5 Å². The van der Waals surface area contributed by atoms with Crippen molar-refractivity contribution in [1.82, 2.24) is 15.1 Å². The van der Waals surface area contributed by atoms with E-state index in [2.05, 4.69) is 20.4 Å². The number of piperazine rings is 2. The van der Waals surface area contributed by atoms with Gasteiger partial charge in [-0.25, -0.2) is 0 Å². The van der Waals surface area contributed by atoms with Crippen LogP contribution >= 0.6 is 0 Å². The van der Waals surface area contributed by atoms with Crippen LogP contribution in [0.2, 0.25) is 0 Å². The highest BCUT2D eigenvalue weighted by atomic mass is 16.5. The van der Waals surface area contributed by atoms with Crippen molar-refractivity contribution >= 4 is 29.1 Å². The topological polar surface area (TPSA) is 103 Å². The molecule has 2 aromatic carbocycles. The Morgan fingerprint density at radius 1 is 0.972 bits per heavy atom. The van der Waals surface area contributed by atoms with Crippen LogP contribution in [0.5, 0.6) is 11.5 Å². The second-order valence-electron chi connectivity index (χ2n) is 8.81. The van der Waals surface area contributed by atoms with Crippen LogP contribution in [0.3, 0.4) is 0 Å². The van der Waals surface area contributed by atoms with Gasteiger partial charge in [0.15, 0.2) is 0 Å². The molecule has 2 aromatic rings. The van der Waals surface area contributed by atoms with E-state index >= 15 is 0 Å². The van der Waals surface area contributed by atoms with Crippen LogP contribution in [-0.2, 0) is 14.4 Å². The van der Waals surface area contributed by atoms with Crippen molar-refractivity contribution in [2.24, 2.45) is 0 Å². The molecule has 10 heteroatoms. The number of rotatable bonds is 8. The number of anilines is 2. The zero-order valence-corrected chi connectivity index (χ0v) is 20.7. The normalized spacial score (nSPS) is 18.4. The fourth-order valence-corrected chi connectivity index (χ4v) is 4.58. The fraction of sp³-hybridized carbons (Fsp3) is 0.423. The molecule has 0 bridgehead atoms. The first-order valence-electron chi connectivity index (χ1n) is 12.1. The molecule has 4 rings (SSSR count). The van der Waals surface area contributed by atoms with Gasteiger partial charge in [0, 0.05) is 45.0 Å². The highest BCUT2D eigenvalue weighted by Gasteiger charge is 2.35. The molecule has 0 saturated carbocycles. The van der Waals surface area contributed by atoms with Gasteiger partial charge in [0.1, 0.15) is 17.5 Å². The zero-order valence-electron chi connectivity index (χ0n) is 20.7. The van der Waals surface area contributed by atoms with E-state index < -0.39 is 6.04 Å². The van der Waals surface area contributed by atoms with E-state index in [0.717, 1.165) is 37.6 Å². The Kier molecular flexibility index (Phi) is 8.27. The second kappa shape index (κ2) is 11.8. The van der Waals surface area contributed by atoms with Gasteiger partial charge >= 0.3 is 0 Å². The monoisotopic (exact) mass is 495 g/mol. The van der Waals surface area contributed by atoms with Crippen molar-refractivity contribution in [1.29, 1.82) is 0 Å². The lowest BCUT2D eigenvalue weighted by atomic mass is 10.1. The summed E-state index contributed by atoms with van der Waals surface area (Å²) >= 11 is 0. The number of hydrogen-bond acceptors (Lipinski definition) is 7. The third kappa shape index (κ3) is 6.06. The Morgan fingerprint density at radius 3 is 2.39 bits per heavy atom. The van der Waals surface area contributed by atoms with Gasteiger partial charge in [0.05, 0.1) is 32.9 Å².